The highest BCUT2D eigenvalue weighted by Crippen LogP contribution is 2.10. The van der Waals surface area contributed by atoms with Gasteiger partial charge in [-0.15, -0.1) is 0 Å². The number of aliphatic hydroxyl groups is 2. The summed E-state index contributed by atoms with van der Waals surface area (Å²) in [5, 5.41) is 17.7. The summed E-state index contributed by atoms with van der Waals surface area (Å²) in [5.74, 6) is -1.25. The van der Waals surface area contributed by atoms with E-state index in [9.17, 15) is 4.79 Å². The van der Waals surface area contributed by atoms with Crippen LogP contribution in [0.25, 0.3) is 0 Å². The van der Waals surface area contributed by atoms with E-state index in [4.69, 9.17) is 10.2 Å². The standard InChI is InChI=1S/C7H8O3/c8-5-3-1-2-4-6(9)7(5)10/h1,3,8,10H,2,4H2. The maximum Gasteiger partial charge on any atom is 0.201 e. The van der Waals surface area contributed by atoms with E-state index in [-0.39, 0.29) is 12.2 Å². The first-order valence-corrected chi connectivity index (χ1v) is 3.04. The Bertz CT molecular complexity index is 213. The molecule has 0 saturated heterocycles. The molecule has 0 bridgehead atoms. The molecule has 0 aromatic heterocycles. The van der Waals surface area contributed by atoms with Gasteiger partial charge in [-0.2, -0.15) is 0 Å². The number of hydrogen-bond donors (Lipinski definition) is 2. The number of allylic oxidation sites excluding steroid dienone is 3. The average Bonchev–Trinajstić information content (AvgIpc) is 2.04. The maximum atomic E-state index is 10.7. The van der Waals surface area contributed by atoms with Crippen LogP contribution in [0.1, 0.15) is 12.8 Å². The number of carbonyl (C=O) groups excluding carboxylic acids is 1. The molecular weight excluding hydrogens is 132 g/mol. The summed E-state index contributed by atoms with van der Waals surface area (Å²) in [6, 6.07) is 0. The van der Waals surface area contributed by atoms with E-state index in [0.717, 1.165) is 0 Å². The molecule has 0 aromatic carbocycles. The van der Waals surface area contributed by atoms with Gasteiger partial charge in [0.05, 0.1) is 0 Å². The zero-order valence-electron chi connectivity index (χ0n) is 5.37. The van der Waals surface area contributed by atoms with E-state index >= 15 is 0 Å². The largest absolute Gasteiger partial charge is 0.504 e. The number of carbonyl (C=O) groups is 1. The lowest BCUT2D eigenvalue weighted by Gasteiger charge is -1.94. The van der Waals surface area contributed by atoms with Crippen molar-refractivity contribution in [2.24, 2.45) is 0 Å². The first-order valence-electron chi connectivity index (χ1n) is 3.04. The Hall–Kier alpha value is -1.25. The molecule has 0 saturated carbocycles. The second-order valence-electron chi connectivity index (χ2n) is 2.10. The lowest BCUT2D eigenvalue weighted by atomic mass is 10.2. The van der Waals surface area contributed by atoms with E-state index in [1.807, 2.05) is 0 Å². The fourth-order valence-electron chi connectivity index (χ4n) is 0.750. The molecule has 0 unspecified atom stereocenters. The maximum absolute atomic E-state index is 10.7. The highest BCUT2D eigenvalue weighted by atomic mass is 16.3. The molecule has 3 heteroatoms. The number of hydrogen-bond acceptors (Lipinski definition) is 3. The Morgan fingerprint density at radius 2 is 2.10 bits per heavy atom. The number of aliphatic hydroxyl groups excluding tert-OH is 2. The number of rotatable bonds is 0. The second kappa shape index (κ2) is 2.56. The third-order valence-corrected chi connectivity index (χ3v) is 1.32. The minimum atomic E-state index is -0.520. The summed E-state index contributed by atoms with van der Waals surface area (Å²) < 4.78 is 0. The van der Waals surface area contributed by atoms with Crippen LogP contribution in [-0.4, -0.2) is 16.0 Å². The fourth-order valence-corrected chi connectivity index (χ4v) is 0.750. The topological polar surface area (TPSA) is 57.5 Å². The molecule has 0 heterocycles. The van der Waals surface area contributed by atoms with Crippen molar-refractivity contribution in [3.63, 3.8) is 0 Å². The van der Waals surface area contributed by atoms with Gasteiger partial charge >= 0.3 is 0 Å². The van der Waals surface area contributed by atoms with Gasteiger partial charge in [0, 0.05) is 6.42 Å². The third-order valence-electron chi connectivity index (χ3n) is 1.32. The van der Waals surface area contributed by atoms with Crippen LogP contribution in [0.3, 0.4) is 0 Å². The predicted molar refractivity (Wildman–Crippen MR) is 35.7 cm³/mol. The van der Waals surface area contributed by atoms with Crippen molar-refractivity contribution < 1.29 is 15.0 Å². The van der Waals surface area contributed by atoms with Gasteiger partial charge in [-0.05, 0) is 12.5 Å². The predicted octanol–water partition coefficient (Wildman–Crippen LogP) is 1.23. The van der Waals surface area contributed by atoms with Crippen molar-refractivity contribution in [2.45, 2.75) is 12.8 Å². The van der Waals surface area contributed by atoms with Crippen molar-refractivity contribution in [1.29, 1.82) is 0 Å². The summed E-state index contributed by atoms with van der Waals surface area (Å²) in [5.41, 5.74) is 0. The number of ketones is 1. The van der Waals surface area contributed by atoms with Crippen molar-refractivity contribution in [1.82, 2.24) is 0 Å². The fraction of sp³-hybridized carbons (Fsp3) is 0.286. The zero-order chi connectivity index (χ0) is 7.56. The Morgan fingerprint density at radius 3 is 2.80 bits per heavy atom. The van der Waals surface area contributed by atoms with Gasteiger partial charge in [-0.3, -0.25) is 4.79 Å². The summed E-state index contributed by atoms with van der Waals surface area (Å²) in [6.45, 7) is 0. The zero-order valence-corrected chi connectivity index (χ0v) is 5.37. The Kier molecular flexibility index (Phi) is 1.76. The van der Waals surface area contributed by atoms with Crippen LogP contribution in [0.15, 0.2) is 23.7 Å². The summed E-state index contributed by atoms with van der Waals surface area (Å²) in [6.07, 6.45) is 3.83. The SMILES string of the molecule is O=C1CCC=CC(O)=C1O. The van der Waals surface area contributed by atoms with Crippen LogP contribution >= 0.6 is 0 Å². The van der Waals surface area contributed by atoms with Crippen LogP contribution in [0, 0.1) is 0 Å². The van der Waals surface area contributed by atoms with Gasteiger partial charge in [-0.25, -0.2) is 0 Å². The molecule has 2 N–H and O–H groups in total. The Balaban J connectivity index is 2.93. The molecular formula is C7H8O3. The van der Waals surface area contributed by atoms with Crippen LogP contribution in [-0.2, 0) is 4.79 Å². The van der Waals surface area contributed by atoms with Crippen molar-refractivity contribution in [2.75, 3.05) is 0 Å². The summed E-state index contributed by atoms with van der Waals surface area (Å²) in [4.78, 5) is 10.7. The van der Waals surface area contributed by atoms with Gasteiger partial charge in [-0.1, -0.05) is 6.08 Å². The smallest absolute Gasteiger partial charge is 0.201 e. The van der Waals surface area contributed by atoms with Crippen molar-refractivity contribution in [3.8, 4) is 0 Å². The molecule has 0 aromatic rings. The minimum absolute atomic E-state index is 0.270. The highest BCUT2D eigenvalue weighted by molar-refractivity contribution is 5.94. The molecule has 0 aliphatic heterocycles. The lowest BCUT2D eigenvalue weighted by Crippen LogP contribution is -2.01. The van der Waals surface area contributed by atoms with Gasteiger partial charge in [0.25, 0.3) is 0 Å². The highest BCUT2D eigenvalue weighted by Gasteiger charge is 2.13. The van der Waals surface area contributed by atoms with E-state index in [1.54, 1.807) is 6.08 Å². The molecule has 0 spiro atoms. The molecule has 0 atom stereocenters. The molecule has 3 nitrogen and oxygen atoms in total. The van der Waals surface area contributed by atoms with Crippen LogP contribution < -0.4 is 0 Å². The van der Waals surface area contributed by atoms with Gasteiger partial charge in [0.2, 0.25) is 11.5 Å². The minimum Gasteiger partial charge on any atom is -0.504 e. The molecule has 54 valence electrons. The molecule has 0 fully saturated rings. The lowest BCUT2D eigenvalue weighted by molar-refractivity contribution is -0.118. The summed E-state index contributed by atoms with van der Waals surface area (Å²) >= 11 is 0. The normalized spacial score (nSPS) is 19.4. The summed E-state index contributed by atoms with van der Waals surface area (Å²) in [7, 11) is 0. The van der Waals surface area contributed by atoms with Crippen LogP contribution in [0.5, 0.6) is 0 Å². The quantitative estimate of drug-likeness (QED) is 0.532. The average molecular weight is 140 g/mol. The Morgan fingerprint density at radius 1 is 1.40 bits per heavy atom. The molecule has 1 aliphatic rings. The van der Waals surface area contributed by atoms with E-state index in [1.165, 1.54) is 6.08 Å². The van der Waals surface area contributed by atoms with Gasteiger partial charge < -0.3 is 10.2 Å². The van der Waals surface area contributed by atoms with Crippen LogP contribution in [0.4, 0.5) is 0 Å². The van der Waals surface area contributed by atoms with Gasteiger partial charge in [0.15, 0.2) is 5.76 Å². The monoisotopic (exact) mass is 140 g/mol. The molecule has 0 amide bonds. The van der Waals surface area contributed by atoms with E-state index in [0.29, 0.717) is 6.42 Å². The van der Waals surface area contributed by atoms with E-state index < -0.39 is 11.5 Å². The molecule has 1 aliphatic carbocycles. The first kappa shape index (κ1) is 6.86. The Labute approximate surface area is 58.3 Å². The first-order chi connectivity index (χ1) is 4.72. The molecule has 10 heavy (non-hydrogen) atoms. The second-order valence-corrected chi connectivity index (χ2v) is 2.10. The van der Waals surface area contributed by atoms with Crippen molar-refractivity contribution in [3.05, 3.63) is 23.7 Å². The van der Waals surface area contributed by atoms with Crippen LogP contribution in [0.2, 0.25) is 0 Å². The molecule has 0 radical (unpaired) electrons. The number of Topliss-reactive ketones (excluding diaryl/α,β-unsaturated/α-hetero) is 1. The molecule has 1 rings (SSSR count). The van der Waals surface area contributed by atoms with E-state index in [2.05, 4.69) is 0 Å². The third kappa shape index (κ3) is 1.18. The van der Waals surface area contributed by atoms with Crippen molar-refractivity contribution >= 4 is 5.78 Å². The van der Waals surface area contributed by atoms with Gasteiger partial charge in [0.1, 0.15) is 0 Å².